The third-order valence-electron chi connectivity index (χ3n) is 7.05. The summed E-state index contributed by atoms with van der Waals surface area (Å²) in [5, 5.41) is 0. The van der Waals surface area contributed by atoms with Gasteiger partial charge in [0, 0.05) is 51.3 Å². The molecule has 40 heavy (non-hydrogen) atoms. The first kappa shape index (κ1) is 30.8. The summed E-state index contributed by atoms with van der Waals surface area (Å²) in [6, 6.07) is 17.3. The zero-order chi connectivity index (χ0) is 29.0. The van der Waals surface area contributed by atoms with Gasteiger partial charge in [0.15, 0.2) is 0 Å². The van der Waals surface area contributed by atoms with Crippen molar-refractivity contribution in [2.75, 3.05) is 14.1 Å². The minimum absolute atomic E-state index is 0.0335. The summed E-state index contributed by atoms with van der Waals surface area (Å²) in [5.74, 6) is -0.0787. The Bertz CT molecular complexity index is 1120. The summed E-state index contributed by atoms with van der Waals surface area (Å²) >= 11 is 0. The van der Waals surface area contributed by atoms with Gasteiger partial charge in [0.05, 0.1) is 0 Å². The minimum atomic E-state index is -0.679. The van der Waals surface area contributed by atoms with E-state index >= 15 is 0 Å². The second-order valence-corrected chi connectivity index (χ2v) is 11.4. The van der Waals surface area contributed by atoms with E-state index in [-0.39, 0.29) is 11.9 Å². The average Bonchev–Trinajstić information content (AvgIpc) is 2.95. The Balaban J connectivity index is 1.77. The van der Waals surface area contributed by atoms with Crippen LogP contribution in [0.25, 0.3) is 0 Å². The fourth-order valence-electron chi connectivity index (χ4n) is 4.81. The molecule has 7 nitrogen and oxygen atoms in total. The van der Waals surface area contributed by atoms with Gasteiger partial charge >= 0.3 is 6.09 Å². The predicted octanol–water partition coefficient (Wildman–Crippen LogP) is 6.13. The van der Waals surface area contributed by atoms with Crippen LogP contribution in [0.1, 0.15) is 63.1 Å². The van der Waals surface area contributed by atoms with Crippen LogP contribution < -0.4 is 0 Å². The Morgan fingerprint density at radius 2 is 1.30 bits per heavy atom. The van der Waals surface area contributed by atoms with Crippen LogP contribution in [0.2, 0.25) is 0 Å². The van der Waals surface area contributed by atoms with Crippen molar-refractivity contribution < 1.29 is 14.3 Å². The molecule has 1 aromatic carbocycles. The van der Waals surface area contributed by atoms with Gasteiger partial charge < -0.3 is 9.64 Å². The predicted molar refractivity (Wildman–Crippen MR) is 159 cm³/mol. The van der Waals surface area contributed by atoms with E-state index in [1.54, 1.807) is 19.4 Å². The van der Waals surface area contributed by atoms with Crippen molar-refractivity contribution in [3.05, 3.63) is 96.1 Å². The number of benzene rings is 1. The van der Waals surface area contributed by atoms with E-state index in [2.05, 4.69) is 22.1 Å². The molecule has 0 fully saturated rings. The molecule has 0 saturated carbocycles. The highest BCUT2D eigenvalue weighted by molar-refractivity contribution is 5.86. The summed E-state index contributed by atoms with van der Waals surface area (Å²) < 4.78 is 5.64. The zero-order valence-electron chi connectivity index (χ0n) is 24.6. The van der Waals surface area contributed by atoms with Crippen molar-refractivity contribution in [1.82, 2.24) is 19.8 Å². The van der Waals surface area contributed by atoms with Crippen molar-refractivity contribution in [3.8, 4) is 0 Å². The molecule has 0 bridgehead atoms. The molecule has 0 spiro atoms. The summed E-state index contributed by atoms with van der Waals surface area (Å²) in [6.07, 6.45) is 12.7. The third-order valence-corrected chi connectivity index (χ3v) is 7.05. The summed E-state index contributed by atoms with van der Waals surface area (Å²) in [6.45, 7) is 5.50. The first-order valence-corrected chi connectivity index (χ1v) is 14.2. The molecular formula is C33H44N4O3. The van der Waals surface area contributed by atoms with Crippen LogP contribution in [0.15, 0.2) is 79.4 Å². The Kier molecular flexibility index (Phi) is 11.7. The molecule has 3 aromatic rings. The van der Waals surface area contributed by atoms with E-state index in [0.717, 1.165) is 44.1 Å². The van der Waals surface area contributed by atoms with Gasteiger partial charge in [0.25, 0.3) is 0 Å². The smallest absolute Gasteiger partial charge is 0.410 e. The van der Waals surface area contributed by atoms with Crippen LogP contribution in [-0.2, 0) is 28.8 Å². The van der Waals surface area contributed by atoms with Gasteiger partial charge in [0.1, 0.15) is 11.6 Å². The van der Waals surface area contributed by atoms with Gasteiger partial charge in [-0.1, -0.05) is 42.5 Å². The number of likely N-dealkylation sites (N-methyl/N-ethyl adjacent to an activating group) is 2. The highest BCUT2D eigenvalue weighted by atomic mass is 16.6. The van der Waals surface area contributed by atoms with Crippen molar-refractivity contribution in [2.45, 2.75) is 83.4 Å². The molecule has 214 valence electrons. The molecular weight excluding hydrogens is 500 g/mol. The van der Waals surface area contributed by atoms with E-state index in [0.29, 0.717) is 6.42 Å². The molecule has 2 amide bonds. The molecule has 2 aromatic heterocycles. The molecule has 7 heteroatoms. The molecule has 3 rings (SSSR count). The lowest BCUT2D eigenvalue weighted by Gasteiger charge is -2.36. The largest absolute Gasteiger partial charge is 0.444 e. The van der Waals surface area contributed by atoms with Gasteiger partial charge in [-0.2, -0.15) is 0 Å². The van der Waals surface area contributed by atoms with E-state index in [1.165, 1.54) is 16.0 Å². The quantitative estimate of drug-likeness (QED) is 0.259. The fraction of sp³-hybridized carbons (Fsp3) is 0.455. The average molecular weight is 545 g/mol. The van der Waals surface area contributed by atoms with Crippen LogP contribution in [0.5, 0.6) is 0 Å². The number of carbonyl (C=O) groups is 2. The first-order chi connectivity index (χ1) is 19.1. The van der Waals surface area contributed by atoms with Gasteiger partial charge in [-0.25, -0.2) is 4.79 Å². The van der Waals surface area contributed by atoms with Crippen molar-refractivity contribution in [2.24, 2.45) is 0 Å². The van der Waals surface area contributed by atoms with Crippen molar-refractivity contribution in [1.29, 1.82) is 0 Å². The number of rotatable bonds is 13. The molecule has 0 aliphatic carbocycles. The number of aromatic nitrogens is 2. The van der Waals surface area contributed by atoms with E-state index < -0.39 is 17.7 Å². The molecule has 0 unspecified atom stereocenters. The topological polar surface area (TPSA) is 75.6 Å². The van der Waals surface area contributed by atoms with E-state index in [1.807, 2.05) is 87.6 Å². The van der Waals surface area contributed by atoms with Gasteiger partial charge in [-0.05, 0) is 88.1 Å². The molecule has 2 heterocycles. The van der Waals surface area contributed by atoms with Crippen LogP contribution >= 0.6 is 0 Å². The lowest BCUT2D eigenvalue weighted by atomic mass is 9.97. The second kappa shape index (κ2) is 15.2. The van der Waals surface area contributed by atoms with Gasteiger partial charge in [-0.3, -0.25) is 19.7 Å². The molecule has 0 aliphatic heterocycles. The van der Waals surface area contributed by atoms with Gasteiger partial charge in [0.2, 0.25) is 5.91 Å². The van der Waals surface area contributed by atoms with E-state index in [4.69, 9.17) is 4.74 Å². The SMILES string of the molecule is CN(C(=O)[C@H](Cc1ccccc1)N(C)C(=O)OC(C)(C)C)C(CCCc1cccnc1)CCCc1cccnc1. The number of nitrogens with zero attached hydrogens (tertiary/aromatic N) is 4. The normalized spacial score (nSPS) is 12.2. The van der Waals surface area contributed by atoms with Crippen LogP contribution in [-0.4, -0.2) is 63.5 Å². The molecule has 0 N–H and O–H groups in total. The maximum atomic E-state index is 14.1. The number of hydrogen-bond donors (Lipinski definition) is 0. The zero-order valence-corrected chi connectivity index (χ0v) is 24.6. The Hall–Kier alpha value is -3.74. The number of carbonyl (C=O) groups excluding carboxylic acids is 2. The summed E-state index contributed by atoms with van der Waals surface area (Å²) in [4.78, 5) is 39.0. The molecule has 0 saturated heterocycles. The van der Waals surface area contributed by atoms with Crippen LogP contribution in [0, 0.1) is 0 Å². The summed E-state index contributed by atoms with van der Waals surface area (Å²) in [7, 11) is 3.54. The maximum absolute atomic E-state index is 14.1. The Morgan fingerprint density at radius 3 is 1.77 bits per heavy atom. The summed E-state index contributed by atoms with van der Waals surface area (Å²) in [5.41, 5.74) is 2.72. The Morgan fingerprint density at radius 1 is 0.775 bits per heavy atom. The monoisotopic (exact) mass is 544 g/mol. The minimum Gasteiger partial charge on any atom is -0.444 e. The fourth-order valence-corrected chi connectivity index (χ4v) is 4.81. The molecule has 0 aliphatic rings. The second-order valence-electron chi connectivity index (χ2n) is 11.4. The lowest BCUT2D eigenvalue weighted by molar-refractivity contribution is -0.137. The number of pyridine rings is 2. The number of ether oxygens (including phenoxy) is 1. The first-order valence-electron chi connectivity index (χ1n) is 14.2. The lowest BCUT2D eigenvalue weighted by Crippen LogP contribution is -2.52. The molecule has 1 atom stereocenters. The van der Waals surface area contributed by atoms with Crippen molar-refractivity contribution >= 4 is 12.0 Å². The Labute approximate surface area is 239 Å². The highest BCUT2D eigenvalue weighted by Crippen LogP contribution is 2.21. The maximum Gasteiger partial charge on any atom is 0.410 e. The van der Waals surface area contributed by atoms with Gasteiger partial charge in [-0.15, -0.1) is 0 Å². The van der Waals surface area contributed by atoms with Crippen LogP contribution in [0.3, 0.4) is 0 Å². The standard InChI is InChI=1S/C33H44N4O3/c1-33(2,3)40-32(39)37(5)30(23-26-13-7-6-8-14-26)31(38)36(4)29(19-9-15-27-17-11-21-34-24-27)20-10-16-28-18-12-22-35-25-28/h6-8,11-14,17-18,21-22,24-25,29-30H,9-10,15-16,19-20,23H2,1-5H3/t30-/m0/s1. The molecule has 0 radical (unpaired) electrons. The number of aryl methyl sites for hydroxylation is 2. The number of amides is 2. The van der Waals surface area contributed by atoms with E-state index in [9.17, 15) is 9.59 Å². The van der Waals surface area contributed by atoms with Crippen molar-refractivity contribution in [3.63, 3.8) is 0 Å². The van der Waals surface area contributed by atoms with Crippen LogP contribution in [0.4, 0.5) is 4.79 Å². The highest BCUT2D eigenvalue weighted by Gasteiger charge is 2.34. The number of hydrogen-bond acceptors (Lipinski definition) is 5. The third kappa shape index (κ3) is 10.1.